The molecule has 0 aromatic heterocycles. The van der Waals surface area contributed by atoms with Crippen molar-refractivity contribution in [1.82, 2.24) is 0 Å². The van der Waals surface area contributed by atoms with E-state index in [-0.39, 0.29) is 6.61 Å². The van der Waals surface area contributed by atoms with E-state index in [1.54, 1.807) is 0 Å². The first kappa shape index (κ1) is 23.0. The fourth-order valence-corrected chi connectivity index (χ4v) is 2.24. The summed E-state index contributed by atoms with van der Waals surface area (Å²) >= 11 is 1.09. The Labute approximate surface area is 137 Å². The van der Waals surface area contributed by atoms with Gasteiger partial charge in [0.1, 0.15) is 4.11 Å². The van der Waals surface area contributed by atoms with Crippen molar-refractivity contribution in [3.63, 3.8) is 0 Å². The minimum atomic E-state index is -7.42. The molecular weight excluding hydrogens is 490 g/mol. The van der Waals surface area contributed by atoms with Crippen molar-refractivity contribution in [3.8, 4) is 0 Å². The van der Waals surface area contributed by atoms with Gasteiger partial charge in [0.25, 0.3) is 0 Å². The molecule has 0 saturated heterocycles. The molecule has 0 aliphatic carbocycles. The first-order valence-corrected chi connectivity index (χ1v) is 7.95. The molecule has 0 saturated carbocycles. The SMILES string of the molecule is CCOC(I)CC(F)(F)C(F)(F)OC(F)(F)C(F)(F)S(=O)(=O)F. The Balaban J connectivity index is 5.45. The van der Waals surface area contributed by atoms with Crippen molar-refractivity contribution in [2.24, 2.45) is 0 Å². The Bertz CT molecular complexity index is 510. The van der Waals surface area contributed by atoms with E-state index in [0.717, 1.165) is 22.6 Å². The maximum atomic E-state index is 13.2. The van der Waals surface area contributed by atoms with Crippen LogP contribution in [0.25, 0.3) is 0 Å². The summed E-state index contributed by atoms with van der Waals surface area (Å²) in [6.07, 6.45) is -14.9. The van der Waals surface area contributed by atoms with Gasteiger partial charge in [0, 0.05) is 6.61 Å². The van der Waals surface area contributed by atoms with Crippen molar-refractivity contribution in [1.29, 1.82) is 0 Å². The summed E-state index contributed by atoms with van der Waals surface area (Å²) in [7, 11) is -7.42. The van der Waals surface area contributed by atoms with E-state index in [2.05, 4.69) is 4.74 Å². The Kier molecular flexibility index (Phi) is 7.06. The zero-order valence-electron chi connectivity index (χ0n) is 10.8. The Morgan fingerprint density at radius 3 is 1.78 bits per heavy atom. The van der Waals surface area contributed by atoms with Crippen LogP contribution >= 0.6 is 22.6 Å². The van der Waals surface area contributed by atoms with E-state index < -0.39 is 44.1 Å². The van der Waals surface area contributed by atoms with E-state index in [1.807, 2.05) is 4.74 Å². The molecule has 0 aliphatic rings. The molecule has 0 aromatic rings. The fraction of sp³-hybridized carbons (Fsp3) is 1.00. The van der Waals surface area contributed by atoms with Crippen LogP contribution in [0.2, 0.25) is 0 Å². The van der Waals surface area contributed by atoms with Crippen LogP contribution in [0.3, 0.4) is 0 Å². The second-order valence-electron chi connectivity index (χ2n) is 3.86. The average Bonchev–Trinajstić information content (AvgIpc) is 2.24. The number of ether oxygens (including phenoxy) is 2. The molecule has 0 spiro atoms. The van der Waals surface area contributed by atoms with Crippen LogP contribution in [0.4, 0.5) is 39.0 Å². The molecule has 0 fully saturated rings. The molecule has 0 radical (unpaired) electrons. The van der Waals surface area contributed by atoms with Crippen LogP contribution in [0.15, 0.2) is 0 Å². The van der Waals surface area contributed by atoms with Crippen molar-refractivity contribution >= 4 is 32.8 Å². The second-order valence-corrected chi connectivity index (χ2v) is 6.64. The topological polar surface area (TPSA) is 52.6 Å². The third-order valence-electron chi connectivity index (χ3n) is 2.09. The Morgan fingerprint density at radius 2 is 1.43 bits per heavy atom. The van der Waals surface area contributed by atoms with Crippen molar-refractivity contribution < 1.29 is 56.9 Å². The maximum Gasteiger partial charge on any atom is 0.464 e. The molecule has 4 nitrogen and oxygen atoms in total. The van der Waals surface area contributed by atoms with Gasteiger partial charge in [-0.1, -0.05) is 26.5 Å². The highest BCUT2D eigenvalue weighted by Gasteiger charge is 2.74. The highest BCUT2D eigenvalue weighted by atomic mass is 127. The number of rotatable bonds is 9. The van der Waals surface area contributed by atoms with Crippen LogP contribution in [-0.4, -0.2) is 42.5 Å². The first-order chi connectivity index (χ1) is 9.91. The van der Waals surface area contributed by atoms with Crippen molar-refractivity contribution in [2.45, 2.75) is 40.8 Å². The standard InChI is InChI=1S/C8H8F9IO4S/c1-2-21-4(18)3-5(9,10)6(11,12)22-7(13,14)8(15,16)23(17,19)20/h4H,2-3H2,1H3. The lowest BCUT2D eigenvalue weighted by Crippen LogP contribution is -2.55. The number of halogens is 10. The van der Waals surface area contributed by atoms with Crippen LogP contribution in [0.1, 0.15) is 13.3 Å². The quantitative estimate of drug-likeness (QED) is 0.210. The van der Waals surface area contributed by atoms with E-state index >= 15 is 0 Å². The third-order valence-corrected chi connectivity index (χ3v) is 3.74. The average molecular weight is 498 g/mol. The smallest absolute Gasteiger partial charge is 0.368 e. The van der Waals surface area contributed by atoms with Crippen molar-refractivity contribution in [2.75, 3.05) is 6.61 Å². The summed E-state index contributed by atoms with van der Waals surface area (Å²) in [4.78, 5) is 0. The number of hydrogen-bond acceptors (Lipinski definition) is 4. The number of hydrogen-bond donors (Lipinski definition) is 0. The molecule has 0 heterocycles. The van der Waals surface area contributed by atoms with Gasteiger partial charge in [-0.05, 0) is 6.92 Å². The van der Waals surface area contributed by atoms with Crippen LogP contribution in [0, 0.1) is 0 Å². The summed E-state index contributed by atoms with van der Waals surface area (Å²) in [5, 5.41) is -6.80. The van der Waals surface area contributed by atoms with E-state index in [0.29, 0.717) is 0 Å². The van der Waals surface area contributed by atoms with Gasteiger partial charge in [-0.15, -0.1) is 0 Å². The summed E-state index contributed by atoms with van der Waals surface area (Å²) < 4.78 is 140. The molecule has 0 aromatic carbocycles. The highest BCUT2D eigenvalue weighted by Crippen LogP contribution is 2.48. The predicted octanol–water partition coefficient (Wildman–Crippen LogP) is 3.90. The lowest BCUT2D eigenvalue weighted by molar-refractivity contribution is -0.457. The zero-order valence-corrected chi connectivity index (χ0v) is 13.8. The molecule has 0 amide bonds. The molecule has 23 heavy (non-hydrogen) atoms. The minimum absolute atomic E-state index is 0.218. The zero-order chi connectivity index (χ0) is 18.9. The molecule has 0 bridgehead atoms. The lowest BCUT2D eigenvalue weighted by Gasteiger charge is -2.32. The van der Waals surface area contributed by atoms with Gasteiger partial charge in [0.2, 0.25) is 0 Å². The summed E-state index contributed by atoms with van der Waals surface area (Å²) in [6.45, 7) is 1.07. The maximum absolute atomic E-state index is 13.2. The fourth-order valence-electron chi connectivity index (χ4n) is 0.997. The van der Waals surface area contributed by atoms with Gasteiger partial charge in [-0.2, -0.15) is 43.5 Å². The third kappa shape index (κ3) is 5.22. The Hall–Kier alpha value is -0.0300. The van der Waals surface area contributed by atoms with E-state index in [1.165, 1.54) is 6.92 Å². The molecule has 1 atom stereocenters. The first-order valence-electron chi connectivity index (χ1n) is 5.32. The van der Waals surface area contributed by atoms with Gasteiger partial charge >= 0.3 is 33.6 Å². The largest absolute Gasteiger partial charge is 0.464 e. The second kappa shape index (κ2) is 7.07. The number of alkyl halides is 9. The summed E-state index contributed by atoms with van der Waals surface area (Å²) in [6, 6.07) is 0. The normalized spacial score (nSPS) is 16.5. The molecular formula is C8H8F9IO4S. The van der Waals surface area contributed by atoms with E-state index in [9.17, 15) is 47.4 Å². The van der Waals surface area contributed by atoms with Gasteiger partial charge in [-0.3, -0.25) is 0 Å². The molecule has 1 unspecified atom stereocenters. The molecule has 0 aliphatic heterocycles. The van der Waals surface area contributed by atoms with Crippen LogP contribution in [0.5, 0.6) is 0 Å². The Morgan fingerprint density at radius 1 is 1.00 bits per heavy atom. The van der Waals surface area contributed by atoms with Gasteiger partial charge < -0.3 is 4.74 Å². The van der Waals surface area contributed by atoms with Gasteiger partial charge in [0.15, 0.2) is 0 Å². The minimum Gasteiger partial charge on any atom is -0.368 e. The predicted molar refractivity (Wildman–Crippen MR) is 65.0 cm³/mol. The molecule has 140 valence electrons. The summed E-state index contributed by atoms with van der Waals surface area (Å²) in [5.41, 5.74) is 0. The van der Waals surface area contributed by atoms with Crippen LogP contribution < -0.4 is 0 Å². The lowest BCUT2D eigenvalue weighted by atomic mass is 10.2. The molecule has 0 rings (SSSR count). The monoisotopic (exact) mass is 498 g/mol. The van der Waals surface area contributed by atoms with Crippen molar-refractivity contribution in [3.05, 3.63) is 0 Å². The van der Waals surface area contributed by atoms with E-state index in [4.69, 9.17) is 0 Å². The molecule has 0 N–H and O–H groups in total. The van der Waals surface area contributed by atoms with Gasteiger partial charge in [0.05, 0.1) is 6.42 Å². The van der Waals surface area contributed by atoms with Crippen LogP contribution in [-0.2, 0) is 19.7 Å². The molecule has 15 heteroatoms. The summed E-state index contributed by atoms with van der Waals surface area (Å²) in [5.74, 6) is -5.45. The van der Waals surface area contributed by atoms with Gasteiger partial charge in [-0.25, -0.2) is 4.74 Å². The highest BCUT2D eigenvalue weighted by molar-refractivity contribution is 14.1.